The molecule has 3 rings (SSSR count). The molecule has 4 nitrogen and oxygen atoms in total. The first-order chi connectivity index (χ1) is 6.43. The zero-order valence-corrected chi connectivity index (χ0v) is 8.89. The van der Waals surface area contributed by atoms with E-state index in [1.165, 1.54) is 0 Å². The van der Waals surface area contributed by atoms with Gasteiger partial charge in [0.25, 0.3) is 0 Å². The van der Waals surface area contributed by atoms with Gasteiger partial charge in [-0.05, 0) is 25.2 Å². The van der Waals surface area contributed by atoms with E-state index in [1.54, 1.807) is 0 Å². The van der Waals surface area contributed by atoms with Crippen molar-refractivity contribution in [2.75, 3.05) is 6.54 Å². The minimum absolute atomic E-state index is 0.0412. The Balaban J connectivity index is 1.69. The number of nitrogens with one attached hydrogen (secondary N) is 2. The van der Waals surface area contributed by atoms with E-state index >= 15 is 0 Å². The van der Waals surface area contributed by atoms with Gasteiger partial charge in [-0.2, -0.15) is 0 Å². The quantitative estimate of drug-likeness (QED) is 0.619. The first kappa shape index (κ1) is 9.77. The maximum absolute atomic E-state index is 11.4. The summed E-state index contributed by atoms with van der Waals surface area (Å²) in [6.45, 7) is 4.89. The Hall–Kier alpha value is -0.770. The van der Waals surface area contributed by atoms with E-state index in [0.29, 0.717) is 5.92 Å². The molecule has 14 heavy (non-hydrogen) atoms. The van der Waals surface area contributed by atoms with Gasteiger partial charge in [0.1, 0.15) is 0 Å². The largest absolute Gasteiger partial charge is 0.338 e. The topological polar surface area (TPSA) is 67.2 Å². The summed E-state index contributed by atoms with van der Waals surface area (Å²) in [5.74, 6) is 0.495. The molecule has 2 bridgehead atoms. The zero-order chi connectivity index (χ0) is 10.4. The monoisotopic (exact) mass is 197 g/mol. The lowest BCUT2D eigenvalue weighted by Crippen LogP contribution is -2.82. The molecule has 0 radical (unpaired) electrons. The van der Waals surface area contributed by atoms with Gasteiger partial charge in [0.2, 0.25) is 0 Å². The smallest absolute Gasteiger partial charge is 0.315 e. The van der Waals surface area contributed by atoms with Crippen molar-refractivity contribution in [3.63, 3.8) is 0 Å². The van der Waals surface area contributed by atoms with Crippen LogP contribution in [-0.4, -0.2) is 23.7 Å². The molecular weight excluding hydrogens is 178 g/mol. The molecule has 4 heteroatoms. The van der Waals surface area contributed by atoms with Crippen molar-refractivity contribution in [3.8, 4) is 0 Å². The van der Waals surface area contributed by atoms with Crippen molar-refractivity contribution in [2.45, 2.75) is 44.2 Å². The molecule has 0 spiro atoms. The molecule has 3 aliphatic rings. The molecule has 0 saturated heterocycles. The van der Waals surface area contributed by atoms with Crippen molar-refractivity contribution in [2.24, 2.45) is 11.7 Å². The third-order valence-corrected chi connectivity index (χ3v) is 3.12. The van der Waals surface area contributed by atoms with E-state index in [1.807, 2.05) is 0 Å². The molecule has 0 aliphatic heterocycles. The zero-order valence-electron chi connectivity index (χ0n) is 8.89. The Kier molecular flexibility index (Phi) is 2.00. The molecule has 2 amide bonds. The van der Waals surface area contributed by atoms with Crippen LogP contribution in [0.2, 0.25) is 0 Å². The third kappa shape index (κ3) is 1.59. The van der Waals surface area contributed by atoms with Crippen LogP contribution in [0, 0.1) is 5.92 Å². The van der Waals surface area contributed by atoms with Gasteiger partial charge in [0, 0.05) is 17.6 Å². The van der Waals surface area contributed by atoms with Crippen molar-refractivity contribution in [1.82, 2.24) is 10.6 Å². The number of carbonyl (C=O) groups is 1. The average molecular weight is 197 g/mol. The predicted molar refractivity (Wildman–Crippen MR) is 54.9 cm³/mol. The molecule has 0 atom stereocenters. The normalized spacial score (nSPS) is 38.6. The number of amides is 2. The van der Waals surface area contributed by atoms with Crippen LogP contribution >= 0.6 is 0 Å². The SMILES string of the molecule is CC(C)CNC(=O)NC12CC(N)(C1)C2. The lowest BCUT2D eigenvalue weighted by atomic mass is 9.45. The van der Waals surface area contributed by atoms with Gasteiger partial charge in [0.05, 0.1) is 0 Å². The standard InChI is InChI=1S/C10H19N3O/c1-7(2)3-12-8(14)13-10-4-9(11,5-10)6-10/h7H,3-6,11H2,1-2H3,(H2,12,13,14). The molecular formula is C10H19N3O. The second kappa shape index (κ2) is 2.86. The Morgan fingerprint density at radius 2 is 2.00 bits per heavy atom. The second-order valence-corrected chi connectivity index (χ2v) is 5.40. The van der Waals surface area contributed by atoms with E-state index in [4.69, 9.17) is 5.73 Å². The molecule has 0 aromatic heterocycles. The molecule has 0 aromatic rings. The molecule has 0 unspecified atom stereocenters. The fourth-order valence-electron chi connectivity index (χ4n) is 2.58. The van der Waals surface area contributed by atoms with Crippen LogP contribution in [0.4, 0.5) is 4.79 Å². The van der Waals surface area contributed by atoms with Gasteiger partial charge in [-0.1, -0.05) is 13.8 Å². The van der Waals surface area contributed by atoms with Gasteiger partial charge < -0.3 is 16.4 Å². The number of hydrogen-bond acceptors (Lipinski definition) is 2. The summed E-state index contributed by atoms with van der Waals surface area (Å²) >= 11 is 0. The molecule has 0 aromatic carbocycles. The summed E-state index contributed by atoms with van der Waals surface area (Å²) in [6.07, 6.45) is 2.86. The summed E-state index contributed by atoms with van der Waals surface area (Å²) in [4.78, 5) is 11.4. The third-order valence-electron chi connectivity index (χ3n) is 3.12. The fourth-order valence-corrected chi connectivity index (χ4v) is 2.58. The number of hydrogen-bond donors (Lipinski definition) is 3. The Bertz CT molecular complexity index is 242. The van der Waals surface area contributed by atoms with Crippen LogP contribution in [0.5, 0.6) is 0 Å². The lowest BCUT2D eigenvalue weighted by Gasteiger charge is -2.68. The number of carbonyl (C=O) groups excluding carboxylic acids is 1. The number of rotatable bonds is 3. The maximum Gasteiger partial charge on any atom is 0.315 e. The Labute approximate surface area is 84.6 Å². The van der Waals surface area contributed by atoms with E-state index in [0.717, 1.165) is 25.8 Å². The molecule has 4 N–H and O–H groups in total. The van der Waals surface area contributed by atoms with E-state index < -0.39 is 0 Å². The maximum atomic E-state index is 11.4. The van der Waals surface area contributed by atoms with Crippen LogP contribution in [0.25, 0.3) is 0 Å². The van der Waals surface area contributed by atoms with Crippen LogP contribution in [-0.2, 0) is 0 Å². The molecule has 80 valence electrons. The summed E-state index contributed by atoms with van der Waals surface area (Å²) in [7, 11) is 0. The van der Waals surface area contributed by atoms with Gasteiger partial charge in [-0.15, -0.1) is 0 Å². The van der Waals surface area contributed by atoms with Gasteiger partial charge in [-0.3, -0.25) is 0 Å². The van der Waals surface area contributed by atoms with Gasteiger partial charge >= 0.3 is 6.03 Å². The van der Waals surface area contributed by atoms with Crippen LogP contribution in [0.1, 0.15) is 33.1 Å². The van der Waals surface area contributed by atoms with Gasteiger partial charge in [-0.25, -0.2) is 4.79 Å². The number of urea groups is 1. The fraction of sp³-hybridized carbons (Fsp3) is 0.900. The molecule has 3 saturated carbocycles. The highest BCUT2D eigenvalue weighted by Crippen LogP contribution is 2.58. The van der Waals surface area contributed by atoms with Crippen molar-refractivity contribution in [1.29, 1.82) is 0 Å². The van der Waals surface area contributed by atoms with Crippen molar-refractivity contribution < 1.29 is 4.79 Å². The summed E-state index contributed by atoms with van der Waals surface area (Å²) in [6, 6.07) is -0.0412. The molecule has 3 aliphatic carbocycles. The highest BCUT2D eigenvalue weighted by atomic mass is 16.2. The van der Waals surface area contributed by atoms with Crippen molar-refractivity contribution >= 4 is 6.03 Å². The van der Waals surface area contributed by atoms with E-state index in [9.17, 15) is 4.79 Å². The minimum atomic E-state index is -0.0412. The first-order valence-corrected chi connectivity index (χ1v) is 5.28. The Morgan fingerprint density at radius 1 is 1.43 bits per heavy atom. The van der Waals surface area contributed by atoms with Gasteiger partial charge in [0.15, 0.2) is 0 Å². The highest BCUT2D eigenvalue weighted by molar-refractivity contribution is 5.75. The number of nitrogens with two attached hydrogens (primary N) is 1. The summed E-state index contributed by atoms with van der Waals surface area (Å²) in [5, 5.41) is 5.86. The van der Waals surface area contributed by atoms with Crippen LogP contribution in [0.3, 0.4) is 0 Å². The highest BCUT2D eigenvalue weighted by Gasteiger charge is 2.66. The summed E-state index contributed by atoms with van der Waals surface area (Å²) in [5.41, 5.74) is 6.01. The Morgan fingerprint density at radius 3 is 2.43 bits per heavy atom. The lowest BCUT2D eigenvalue weighted by molar-refractivity contribution is -0.0690. The minimum Gasteiger partial charge on any atom is -0.338 e. The van der Waals surface area contributed by atoms with Crippen molar-refractivity contribution in [3.05, 3.63) is 0 Å². The molecule has 3 fully saturated rings. The predicted octanol–water partition coefficient (Wildman–Crippen LogP) is 0.575. The average Bonchev–Trinajstić information content (AvgIpc) is 1.96. The summed E-state index contributed by atoms with van der Waals surface area (Å²) < 4.78 is 0. The van der Waals surface area contributed by atoms with Crippen LogP contribution < -0.4 is 16.4 Å². The first-order valence-electron chi connectivity index (χ1n) is 5.28. The molecule has 0 heterocycles. The van der Waals surface area contributed by atoms with E-state index in [-0.39, 0.29) is 17.1 Å². The van der Waals surface area contributed by atoms with E-state index in [2.05, 4.69) is 24.5 Å². The van der Waals surface area contributed by atoms with Crippen LogP contribution in [0.15, 0.2) is 0 Å². The second-order valence-electron chi connectivity index (χ2n) is 5.40.